The first-order valence-corrected chi connectivity index (χ1v) is 12.6. The summed E-state index contributed by atoms with van der Waals surface area (Å²) in [7, 11) is 1.58. The number of aliphatic hydroxyl groups is 1. The van der Waals surface area contributed by atoms with Crippen molar-refractivity contribution in [2.24, 2.45) is 0 Å². The number of fused-ring (bicyclic) bond motifs is 4. The van der Waals surface area contributed by atoms with Crippen molar-refractivity contribution in [1.29, 1.82) is 0 Å². The summed E-state index contributed by atoms with van der Waals surface area (Å²) < 4.78 is 23.6. The number of likely N-dealkylation sites (tertiary alicyclic amines) is 1. The fourth-order valence-electron chi connectivity index (χ4n) is 6.60. The fourth-order valence-corrected chi connectivity index (χ4v) is 6.60. The first kappa shape index (κ1) is 23.8. The minimum absolute atomic E-state index is 0.121. The number of methoxy groups -OCH3 is 1. The molecular weight excluding hydrogens is 454 g/mol. The molecule has 0 amide bonds. The SMILES string of the molecule is COCOC[C@H](O)[C@@H]1[C@@H]2OC(C)(C)O[C@@H]2CN1C1(c2ccccc2)c2ccccc2-c2ccccc21. The summed E-state index contributed by atoms with van der Waals surface area (Å²) in [5.41, 5.74) is 5.35. The molecule has 3 aliphatic rings. The Morgan fingerprint density at radius 2 is 1.53 bits per heavy atom. The van der Waals surface area contributed by atoms with Gasteiger partial charge in [-0.2, -0.15) is 0 Å². The predicted molar refractivity (Wildman–Crippen MR) is 136 cm³/mol. The van der Waals surface area contributed by atoms with Crippen molar-refractivity contribution in [3.05, 3.63) is 95.6 Å². The summed E-state index contributed by atoms with van der Waals surface area (Å²) in [6.07, 6.45) is -1.29. The fraction of sp³-hybridized carbons (Fsp3) is 0.400. The van der Waals surface area contributed by atoms with Crippen LogP contribution >= 0.6 is 0 Å². The zero-order valence-corrected chi connectivity index (χ0v) is 21.0. The highest BCUT2D eigenvalue weighted by atomic mass is 16.8. The summed E-state index contributed by atoms with van der Waals surface area (Å²) in [6.45, 7) is 4.74. The molecule has 188 valence electrons. The van der Waals surface area contributed by atoms with Crippen LogP contribution in [-0.2, 0) is 24.5 Å². The largest absolute Gasteiger partial charge is 0.389 e. The Hall–Kier alpha value is -2.58. The van der Waals surface area contributed by atoms with Gasteiger partial charge in [0, 0.05) is 13.7 Å². The third-order valence-electron chi connectivity index (χ3n) is 7.72. The van der Waals surface area contributed by atoms with E-state index in [2.05, 4.69) is 77.7 Å². The highest BCUT2D eigenvalue weighted by Gasteiger charge is 2.62. The van der Waals surface area contributed by atoms with Crippen LogP contribution in [0.15, 0.2) is 78.9 Å². The first-order valence-electron chi connectivity index (χ1n) is 12.6. The Morgan fingerprint density at radius 3 is 2.17 bits per heavy atom. The summed E-state index contributed by atoms with van der Waals surface area (Å²) in [6, 6.07) is 27.4. The minimum Gasteiger partial charge on any atom is -0.389 e. The molecule has 0 radical (unpaired) electrons. The Kier molecular flexibility index (Phi) is 5.99. The van der Waals surface area contributed by atoms with Crippen LogP contribution in [0.2, 0.25) is 0 Å². The number of hydrogen-bond acceptors (Lipinski definition) is 6. The van der Waals surface area contributed by atoms with Gasteiger partial charge in [0.2, 0.25) is 0 Å². The van der Waals surface area contributed by atoms with Crippen molar-refractivity contribution < 1.29 is 24.1 Å². The predicted octanol–water partition coefficient (Wildman–Crippen LogP) is 4.14. The van der Waals surface area contributed by atoms with Gasteiger partial charge in [-0.1, -0.05) is 78.9 Å². The molecule has 2 aliphatic heterocycles. The van der Waals surface area contributed by atoms with Gasteiger partial charge < -0.3 is 24.1 Å². The minimum atomic E-state index is -0.812. The molecule has 0 spiro atoms. The number of aliphatic hydroxyl groups excluding tert-OH is 1. The van der Waals surface area contributed by atoms with Crippen molar-refractivity contribution in [1.82, 2.24) is 4.90 Å². The average molecular weight is 488 g/mol. The molecule has 2 heterocycles. The maximum atomic E-state index is 11.6. The van der Waals surface area contributed by atoms with Crippen LogP contribution < -0.4 is 0 Å². The van der Waals surface area contributed by atoms with E-state index in [1.165, 1.54) is 22.3 Å². The Morgan fingerprint density at radius 1 is 0.917 bits per heavy atom. The molecule has 3 aromatic rings. The molecule has 0 unspecified atom stereocenters. The second-order valence-electron chi connectivity index (χ2n) is 10.3. The summed E-state index contributed by atoms with van der Waals surface area (Å²) in [4.78, 5) is 2.40. The first-order chi connectivity index (χ1) is 17.5. The van der Waals surface area contributed by atoms with E-state index < -0.39 is 17.4 Å². The lowest BCUT2D eigenvalue weighted by molar-refractivity contribution is -0.176. The Bertz CT molecular complexity index is 1180. The zero-order valence-electron chi connectivity index (χ0n) is 21.0. The van der Waals surface area contributed by atoms with Crippen LogP contribution in [0, 0.1) is 0 Å². The van der Waals surface area contributed by atoms with Crippen molar-refractivity contribution in [2.75, 3.05) is 27.1 Å². The van der Waals surface area contributed by atoms with Crippen molar-refractivity contribution in [3.63, 3.8) is 0 Å². The quantitative estimate of drug-likeness (QED) is 0.399. The Balaban J connectivity index is 1.56. The smallest absolute Gasteiger partial charge is 0.163 e. The van der Waals surface area contributed by atoms with Gasteiger partial charge in [0.1, 0.15) is 19.0 Å². The molecule has 6 nitrogen and oxygen atoms in total. The van der Waals surface area contributed by atoms with Gasteiger partial charge in [0.15, 0.2) is 5.79 Å². The van der Waals surface area contributed by atoms with Gasteiger partial charge in [-0.25, -0.2) is 0 Å². The normalized spacial score (nSPS) is 26.4. The molecule has 0 bridgehead atoms. The summed E-state index contributed by atoms with van der Waals surface area (Å²) in [5.74, 6) is -0.710. The number of hydrogen-bond donors (Lipinski definition) is 1. The molecule has 4 atom stereocenters. The van der Waals surface area contributed by atoms with Crippen LogP contribution in [0.1, 0.15) is 30.5 Å². The van der Waals surface area contributed by atoms with E-state index >= 15 is 0 Å². The van der Waals surface area contributed by atoms with E-state index in [0.29, 0.717) is 6.54 Å². The van der Waals surface area contributed by atoms with Crippen LogP contribution in [0.4, 0.5) is 0 Å². The van der Waals surface area contributed by atoms with Crippen molar-refractivity contribution in [2.45, 2.75) is 49.5 Å². The second-order valence-corrected chi connectivity index (χ2v) is 10.3. The third kappa shape index (κ3) is 3.56. The van der Waals surface area contributed by atoms with E-state index in [0.717, 1.165) is 5.56 Å². The zero-order chi connectivity index (χ0) is 24.9. The van der Waals surface area contributed by atoms with Crippen molar-refractivity contribution in [3.8, 4) is 11.1 Å². The molecule has 1 N–H and O–H groups in total. The number of ether oxygens (including phenoxy) is 4. The molecule has 0 saturated carbocycles. The van der Waals surface area contributed by atoms with Gasteiger partial charge in [0.05, 0.1) is 24.3 Å². The van der Waals surface area contributed by atoms with Crippen LogP contribution in [-0.4, -0.2) is 67.2 Å². The number of rotatable bonds is 7. The maximum absolute atomic E-state index is 11.6. The molecule has 0 aromatic heterocycles. The summed E-state index contributed by atoms with van der Waals surface area (Å²) in [5, 5.41) is 11.6. The van der Waals surface area contributed by atoms with E-state index in [9.17, 15) is 5.11 Å². The van der Waals surface area contributed by atoms with Gasteiger partial charge in [-0.3, -0.25) is 4.90 Å². The van der Waals surface area contributed by atoms with Gasteiger partial charge in [-0.15, -0.1) is 0 Å². The summed E-state index contributed by atoms with van der Waals surface area (Å²) >= 11 is 0. The lowest BCUT2D eigenvalue weighted by Gasteiger charge is -2.46. The molecule has 1 aliphatic carbocycles. The lowest BCUT2D eigenvalue weighted by Crippen LogP contribution is -2.57. The highest BCUT2D eigenvalue weighted by molar-refractivity contribution is 5.83. The number of benzene rings is 3. The second kappa shape index (κ2) is 9.06. The van der Waals surface area contributed by atoms with Crippen LogP contribution in [0.3, 0.4) is 0 Å². The molecule has 36 heavy (non-hydrogen) atoms. The highest BCUT2D eigenvalue weighted by Crippen LogP contribution is 2.57. The number of nitrogens with zero attached hydrogens (tertiary/aromatic N) is 1. The Labute approximate surface area is 212 Å². The molecule has 2 fully saturated rings. The van der Waals surface area contributed by atoms with Crippen LogP contribution in [0.25, 0.3) is 11.1 Å². The topological polar surface area (TPSA) is 60.4 Å². The molecule has 2 saturated heterocycles. The average Bonchev–Trinajstić information content (AvgIpc) is 3.48. The van der Waals surface area contributed by atoms with Crippen molar-refractivity contribution >= 4 is 0 Å². The van der Waals surface area contributed by atoms with E-state index in [-0.39, 0.29) is 31.6 Å². The maximum Gasteiger partial charge on any atom is 0.163 e. The van der Waals surface area contributed by atoms with Crippen LogP contribution in [0.5, 0.6) is 0 Å². The van der Waals surface area contributed by atoms with E-state index in [1.54, 1.807) is 7.11 Å². The van der Waals surface area contributed by atoms with E-state index in [4.69, 9.17) is 18.9 Å². The molecular formula is C30H33NO5. The van der Waals surface area contributed by atoms with Gasteiger partial charge >= 0.3 is 0 Å². The molecule has 6 heteroatoms. The molecule has 6 rings (SSSR count). The van der Waals surface area contributed by atoms with Gasteiger partial charge in [-0.05, 0) is 41.7 Å². The van der Waals surface area contributed by atoms with E-state index in [1.807, 2.05) is 19.9 Å². The lowest BCUT2D eigenvalue weighted by atomic mass is 9.78. The standard InChI is InChI=1S/C30H33NO5/c1-29(2)35-26-17-31(27(28(26)36-29)25(32)18-34-19-33-3)30(20-11-5-4-6-12-20)23-15-9-7-13-21(23)22-14-8-10-16-24(22)30/h4-16,25-28,32H,17-19H2,1-3H3/t25-,26+,27+,28+/m0/s1. The molecule has 3 aromatic carbocycles. The monoisotopic (exact) mass is 487 g/mol. The van der Waals surface area contributed by atoms with Gasteiger partial charge in [0.25, 0.3) is 0 Å². The third-order valence-corrected chi connectivity index (χ3v) is 7.72.